The van der Waals surface area contributed by atoms with Crippen LogP contribution in [-0.4, -0.2) is 88.7 Å². The van der Waals surface area contributed by atoms with Crippen LogP contribution in [0.4, 0.5) is 0 Å². The largest absolute Gasteiger partial charge is 0.480 e. The molecule has 0 rings (SSSR count). The van der Waals surface area contributed by atoms with Crippen molar-refractivity contribution in [1.82, 2.24) is 16.0 Å². The van der Waals surface area contributed by atoms with Gasteiger partial charge in [0.25, 0.3) is 0 Å². The minimum Gasteiger partial charge on any atom is -0.480 e. The zero-order valence-corrected chi connectivity index (χ0v) is 17.9. The number of rotatable bonds is 14. The molecule has 0 radical (unpaired) electrons. The highest BCUT2D eigenvalue weighted by atomic mass is 32.2. The van der Waals surface area contributed by atoms with E-state index in [-0.39, 0.29) is 6.42 Å². The van der Waals surface area contributed by atoms with E-state index < -0.39 is 54.5 Å². The normalized spacial score (nSPS) is 15.0. The Bertz CT molecular complexity index is 535. The van der Waals surface area contributed by atoms with Gasteiger partial charge in [-0.1, -0.05) is 0 Å². The number of aliphatic hydroxyl groups excluding tert-OH is 1. The number of aliphatic hydroxyl groups is 1. The summed E-state index contributed by atoms with van der Waals surface area (Å²) >= 11 is 2.97. The minimum atomic E-state index is -1.36. The van der Waals surface area contributed by atoms with Crippen molar-refractivity contribution < 1.29 is 29.4 Å². The molecule has 162 valence electrons. The molecule has 0 saturated heterocycles. The first-order chi connectivity index (χ1) is 13.1. The molecule has 10 nitrogen and oxygen atoms in total. The maximum Gasteiger partial charge on any atom is 0.326 e. The molecular weight excluding hydrogens is 408 g/mol. The van der Waals surface area contributed by atoms with Gasteiger partial charge in [0.05, 0.1) is 18.7 Å². The predicted octanol–water partition coefficient (Wildman–Crippen LogP) is -1.63. The lowest BCUT2D eigenvalue weighted by Crippen LogP contribution is -2.57. The van der Waals surface area contributed by atoms with E-state index in [0.717, 1.165) is 0 Å². The maximum absolute atomic E-state index is 12.3. The Kier molecular flexibility index (Phi) is 13.7. The highest BCUT2D eigenvalue weighted by Crippen LogP contribution is 2.03. The predicted molar refractivity (Wildman–Crippen MR) is 110 cm³/mol. The summed E-state index contributed by atoms with van der Waals surface area (Å²) in [5.41, 5.74) is 5.69. The third-order valence-electron chi connectivity index (χ3n) is 3.70. The van der Waals surface area contributed by atoms with E-state index in [1.54, 1.807) is 18.0 Å². The second kappa shape index (κ2) is 14.5. The first kappa shape index (κ1) is 26.5. The van der Waals surface area contributed by atoms with Gasteiger partial charge < -0.3 is 31.9 Å². The summed E-state index contributed by atoms with van der Waals surface area (Å²) in [4.78, 5) is 47.4. The Balaban J connectivity index is 4.70. The zero-order valence-electron chi connectivity index (χ0n) is 16.3. The molecule has 0 aromatic heterocycles. The van der Waals surface area contributed by atoms with Crippen LogP contribution >= 0.6 is 23.5 Å². The molecule has 0 spiro atoms. The number of hydrogen-bond acceptors (Lipinski definition) is 8. The Labute approximate surface area is 173 Å². The van der Waals surface area contributed by atoms with Gasteiger partial charge in [-0.25, -0.2) is 4.79 Å². The highest BCUT2D eigenvalue weighted by Gasteiger charge is 2.29. The SMILES string of the molecule is CSCCC(N)C(=O)NCC(=O)NC(C(=O)NC(CCSC)C(=O)O)C(C)O. The van der Waals surface area contributed by atoms with Gasteiger partial charge in [-0.3, -0.25) is 14.4 Å². The molecule has 0 fully saturated rings. The van der Waals surface area contributed by atoms with E-state index in [2.05, 4.69) is 16.0 Å². The standard InChI is InChI=1S/C16H30N4O6S2/c1-9(21)13(15(24)19-11(16(25)26)5-7-28-3)20-12(22)8-18-14(23)10(17)4-6-27-2/h9-11,13,21H,4-8,17H2,1-3H3,(H,18,23)(H,19,24)(H,20,22)(H,25,26). The number of carboxylic acid groups (broad SMARTS) is 1. The second-order valence-corrected chi connectivity index (χ2v) is 8.04. The molecule has 0 heterocycles. The van der Waals surface area contributed by atoms with Crippen LogP contribution in [0.5, 0.6) is 0 Å². The van der Waals surface area contributed by atoms with Crippen LogP contribution in [0.3, 0.4) is 0 Å². The lowest BCUT2D eigenvalue weighted by molar-refractivity contribution is -0.143. The molecule has 0 bridgehead atoms. The van der Waals surface area contributed by atoms with Crippen molar-refractivity contribution in [3.05, 3.63) is 0 Å². The van der Waals surface area contributed by atoms with E-state index in [1.165, 1.54) is 18.7 Å². The molecule has 0 saturated carbocycles. The van der Waals surface area contributed by atoms with Gasteiger partial charge in [-0.2, -0.15) is 23.5 Å². The molecule has 0 aliphatic heterocycles. The van der Waals surface area contributed by atoms with Crippen molar-refractivity contribution in [3.8, 4) is 0 Å². The number of carboxylic acids is 1. The summed E-state index contributed by atoms with van der Waals surface area (Å²) in [6, 6.07) is -3.23. The fraction of sp³-hybridized carbons (Fsp3) is 0.750. The highest BCUT2D eigenvalue weighted by molar-refractivity contribution is 7.98. The van der Waals surface area contributed by atoms with Crippen LogP contribution in [-0.2, 0) is 19.2 Å². The van der Waals surface area contributed by atoms with E-state index in [1.807, 2.05) is 6.26 Å². The summed E-state index contributed by atoms with van der Waals surface area (Å²) in [6.45, 7) is 0.871. The molecule has 7 N–H and O–H groups in total. The Hall–Kier alpha value is -1.50. The van der Waals surface area contributed by atoms with Crippen LogP contribution in [0.1, 0.15) is 19.8 Å². The van der Waals surface area contributed by atoms with Crippen molar-refractivity contribution in [2.24, 2.45) is 5.73 Å². The van der Waals surface area contributed by atoms with Gasteiger partial charge in [-0.15, -0.1) is 0 Å². The van der Waals surface area contributed by atoms with Gasteiger partial charge in [0.1, 0.15) is 12.1 Å². The van der Waals surface area contributed by atoms with Crippen LogP contribution in [0.25, 0.3) is 0 Å². The topological polar surface area (TPSA) is 171 Å². The quantitative estimate of drug-likeness (QED) is 0.186. The number of aliphatic carboxylic acids is 1. The molecule has 0 aromatic carbocycles. The molecule has 4 atom stereocenters. The van der Waals surface area contributed by atoms with Gasteiger partial charge >= 0.3 is 5.97 Å². The average Bonchev–Trinajstić information content (AvgIpc) is 2.64. The third kappa shape index (κ3) is 10.7. The molecule has 0 aromatic rings. The molecule has 4 unspecified atom stereocenters. The fourth-order valence-corrected chi connectivity index (χ4v) is 3.02. The Morgan fingerprint density at radius 3 is 2.07 bits per heavy atom. The van der Waals surface area contributed by atoms with E-state index >= 15 is 0 Å². The summed E-state index contributed by atoms with van der Waals surface area (Å²) in [7, 11) is 0. The molecule has 0 aliphatic rings. The number of thioether (sulfide) groups is 2. The van der Waals surface area contributed by atoms with Crippen molar-refractivity contribution >= 4 is 47.2 Å². The summed E-state index contributed by atoms with van der Waals surface area (Å²) in [6.07, 6.45) is 3.08. The first-order valence-electron chi connectivity index (χ1n) is 8.65. The zero-order chi connectivity index (χ0) is 21.7. The van der Waals surface area contributed by atoms with Gasteiger partial charge in [0, 0.05) is 0 Å². The van der Waals surface area contributed by atoms with E-state index in [9.17, 15) is 29.4 Å². The summed E-state index contributed by atoms with van der Waals surface area (Å²) in [5.74, 6) is -2.00. The van der Waals surface area contributed by atoms with Crippen LogP contribution in [0, 0.1) is 0 Å². The average molecular weight is 439 g/mol. The first-order valence-corrected chi connectivity index (χ1v) is 11.4. The van der Waals surface area contributed by atoms with Crippen LogP contribution in [0.15, 0.2) is 0 Å². The van der Waals surface area contributed by atoms with Crippen molar-refractivity contribution in [2.75, 3.05) is 30.6 Å². The van der Waals surface area contributed by atoms with Crippen molar-refractivity contribution in [1.29, 1.82) is 0 Å². The fourth-order valence-electron chi connectivity index (χ4n) is 2.06. The molecular formula is C16H30N4O6S2. The van der Waals surface area contributed by atoms with Gasteiger partial charge in [0.2, 0.25) is 17.7 Å². The van der Waals surface area contributed by atoms with Crippen molar-refractivity contribution in [3.63, 3.8) is 0 Å². The molecule has 28 heavy (non-hydrogen) atoms. The second-order valence-electron chi connectivity index (χ2n) is 6.07. The Morgan fingerprint density at radius 2 is 1.57 bits per heavy atom. The molecule has 3 amide bonds. The van der Waals surface area contributed by atoms with E-state index in [0.29, 0.717) is 17.9 Å². The smallest absolute Gasteiger partial charge is 0.326 e. The number of amides is 3. The number of hydrogen-bond donors (Lipinski definition) is 6. The number of carbonyl (C=O) groups excluding carboxylic acids is 3. The van der Waals surface area contributed by atoms with Gasteiger partial charge in [-0.05, 0) is 43.8 Å². The Morgan fingerprint density at radius 1 is 1.00 bits per heavy atom. The maximum atomic E-state index is 12.3. The summed E-state index contributed by atoms with van der Waals surface area (Å²) in [5, 5.41) is 25.9. The lowest BCUT2D eigenvalue weighted by atomic mass is 10.1. The third-order valence-corrected chi connectivity index (χ3v) is 4.99. The number of nitrogens with two attached hydrogens (primary N) is 1. The molecule has 0 aliphatic carbocycles. The van der Waals surface area contributed by atoms with Crippen LogP contribution in [0.2, 0.25) is 0 Å². The van der Waals surface area contributed by atoms with E-state index in [4.69, 9.17) is 5.73 Å². The summed E-state index contributed by atoms with van der Waals surface area (Å²) < 4.78 is 0. The van der Waals surface area contributed by atoms with Gasteiger partial charge in [0.15, 0.2) is 0 Å². The number of nitrogens with one attached hydrogen (secondary N) is 3. The van der Waals surface area contributed by atoms with Crippen molar-refractivity contribution in [2.45, 2.75) is 44.0 Å². The lowest BCUT2D eigenvalue weighted by Gasteiger charge is -2.23. The molecule has 12 heteroatoms. The minimum absolute atomic E-state index is 0.201. The number of carbonyl (C=O) groups is 4. The van der Waals surface area contributed by atoms with Crippen LogP contribution < -0.4 is 21.7 Å². The monoisotopic (exact) mass is 438 g/mol.